The van der Waals surface area contributed by atoms with Gasteiger partial charge in [0.05, 0.1) is 0 Å². The van der Waals surface area contributed by atoms with Crippen LogP contribution in [-0.4, -0.2) is 36.6 Å². The highest BCUT2D eigenvalue weighted by Gasteiger charge is 2.64. The molecule has 0 aromatic heterocycles. The first-order chi connectivity index (χ1) is 8.87. The van der Waals surface area contributed by atoms with E-state index in [-0.39, 0.29) is 0 Å². The topological polar surface area (TPSA) is 15.3 Å². The van der Waals surface area contributed by atoms with E-state index in [0.29, 0.717) is 16.4 Å². The van der Waals surface area contributed by atoms with Gasteiger partial charge in [-0.05, 0) is 49.1 Å². The normalized spacial score (nSPS) is 33.5. The Morgan fingerprint density at radius 2 is 1.63 bits per heavy atom. The lowest BCUT2D eigenvalue weighted by Crippen LogP contribution is -2.49. The molecule has 0 aromatic rings. The standard InChI is InChI=1S/C17H32N2/c1-15(2)14(16(15,3)4)12-19-11-7-10-18-17(13-19)8-5-6-9-17/h14,18H,5-13H2,1-4H3. The van der Waals surface area contributed by atoms with Crippen LogP contribution in [0.5, 0.6) is 0 Å². The fourth-order valence-corrected chi connectivity index (χ4v) is 4.81. The van der Waals surface area contributed by atoms with Crippen LogP contribution in [0, 0.1) is 16.7 Å². The first-order valence-electron chi connectivity index (χ1n) is 8.35. The number of nitrogens with zero attached hydrogens (tertiary/aromatic N) is 1. The Morgan fingerprint density at radius 3 is 2.21 bits per heavy atom. The summed E-state index contributed by atoms with van der Waals surface area (Å²) in [6, 6.07) is 0. The van der Waals surface area contributed by atoms with Gasteiger partial charge >= 0.3 is 0 Å². The van der Waals surface area contributed by atoms with Gasteiger partial charge in [-0.15, -0.1) is 0 Å². The van der Waals surface area contributed by atoms with Crippen LogP contribution in [0.3, 0.4) is 0 Å². The summed E-state index contributed by atoms with van der Waals surface area (Å²) in [6.45, 7) is 15.0. The number of hydrogen-bond acceptors (Lipinski definition) is 2. The minimum atomic E-state index is 0.472. The van der Waals surface area contributed by atoms with Crippen LogP contribution >= 0.6 is 0 Å². The summed E-state index contributed by atoms with van der Waals surface area (Å²) in [5, 5.41) is 3.88. The third kappa shape index (κ3) is 2.25. The minimum Gasteiger partial charge on any atom is -0.310 e. The maximum absolute atomic E-state index is 3.88. The van der Waals surface area contributed by atoms with Crippen molar-refractivity contribution in [1.29, 1.82) is 0 Å². The van der Waals surface area contributed by atoms with E-state index >= 15 is 0 Å². The molecular formula is C17H32N2. The van der Waals surface area contributed by atoms with Crippen LogP contribution in [0.25, 0.3) is 0 Å². The van der Waals surface area contributed by atoms with Crippen molar-refractivity contribution >= 4 is 0 Å². The van der Waals surface area contributed by atoms with E-state index in [2.05, 4.69) is 37.9 Å². The lowest BCUT2D eigenvalue weighted by atomic mass is 9.97. The first kappa shape index (κ1) is 13.9. The molecule has 0 amide bonds. The first-order valence-corrected chi connectivity index (χ1v) is 8.35. The second-order valence-corrected chi connectivity index (χ2v) is 8.50. The van der Waals surface area contributed by atoms with E-state index in [1.165, 1.54) is 58.3 Å². The molecule has 2 aliphatic carbocycles. The zero-order valence-corrected chi connectivity index (χ0v) is 13.4. The van der Waals surface area contributed by atoms with Gasteiger partial charge in [0, 0.05) is 18.6 Å². The minimum absolute atomic E-state index is 0.472. The average Bonchev–Trinajstić information content (AvgIpc) is 2.62. The molecule has 1 heterocycles. The fourth-order valence-electron chi connectivity index (χ4n) is 4.81. The van der Waals surface area contributed by atoms with Crippen molar-refractivity contribution in [2.75, 3.05) is 26.2 Å². The molecule has 3 fully saturated rings. The number of nitrogens with one attached hydrogen (secondary N) is 1. The molecule has 2 saturated carbocycles. The van der Waals surface area contributed by atoms with Crippen molar-refractivity contribution in [2.45, 2.75) is 65.3 Å². The molecule has 0 atom stereocenters. The molecule has 0 unspecified atom stereocenters. The number of rotatable bonds is 2. The van der Waals surface area contributed by atoms with Gasteiger partial charge in [0.1, 0.15) is 0 Å². The Labute approximate surface area is 119 Å². The van der Waals surface area contributed by atoms with Crippen LogP contribution in [0.15, 0.2) is 0 Å². The molecule has 3 aliphatic rings. The second-order valence-electron chi connectivity index (χ2n) is 8.50. The molecule has 1 spiro atoms. The maximum Gasteiger partial charge on any atom is 0.0308 e. The molecule has 1 aliphatic heterocycles. The molecule has 1 saturated heterocycles. The molecule has 110 valence electrons. The van der Waals surface area contributed by atoms with Crippen molar-refractivity contribution in [2.24, 2.45) is 16.7 Å². The Kier molecular flexibility index (Phi) is 3.26. The zero-order valence-electron chi connectivity index (χ0n) is 13.4. The Morgan fingerprint density at radius 1 is 1.00 bits per heavy atom. The quantitative estimate of drug-likeness (QED) is 0.823. The van der Waals surface area contributed by atoms with E-state index in [9.17, 15) is 0 Å². The van der Waals surface area contributed by atoms with Crippen molar-refractivity contribution in [3.05, 3.63) is 0 Å². The van der Waals surface area contributed by atoms with Crippen LogP contribution < -0.4 is 5.32 Å². The molecule has 19 heavy (non-hydrogen) atoms. The van der Waals surface area contributed by atoms with E-state index < -0.39 is 0 Å². The van der Waals surface area contributed by atoms with Crippen LogP contribution in [0.2, 0.25) is 0 Å². The highest BCUT2D eigenvalue weighted by atomic mass is 15.2. The van der Waals surface area contributed by atoms with Gasteiger partial charge in [0.15, 0.2) is 0 Å². The van der Waals surface area contributed by atoms with Gasteiger partial charge in [-0.25, -0.2) is 0 Å². The highest BCUT2D eigenvalue weighted by Crippen LogP contribution is 2.68. The molecule has 0 aromatic carbocycles. The van der Waals surface area contributed by atoms with E-state index in [1.807, 2.05) is 0 Å². The fraction of sp³-hybridized carbons (Fsp3) is 1.00. The van der Waals surface area contributed by atoms with Gasteiger partial charge < -0.3 is 10.2 Å². The van der Waals surface area contributed by atoms with Gasteiger partial charge in [0.25, 0.3) is 0 Å². The average molecular weight is 264 g/mol. The SMILES string of the molecule is CC1(C)C(CN2CCCNC3(CCCC3)C2)C1(C)C. The Balaban J connectivity index is 1.65. The van der Waals surface area contributed by atoms with Gasteiger partial charge in [-0.3, -0.25) is 0 Å². The van der Waals surface area contributed by atoms with Crippen molar-refractivity contribution < 1.29 is 0 Å². The van der Waals surface area contributed by atoms with Crippen LogP contribution in [-0.2, 0) is 0 Å². The molecular weight excluding hydrogens is 232 g/mol. The Hall–Kier alpha value is -0.0800. The smallest absolute Gasteiger partial charge is 0.0308 e. The van der Waals surface area contributed by atoms with Crippen LogP contribution in [0.1, 0.15) is 59.8 Å². The summed E-state index contributed by atoms with van der Waals surface area (Å²) in [5.41, 5.74) is 1.55. The van der Waals surface area contributed by atoms with Gasteiger partial charge in [-0.2, -0.15) is 0 Å². The lowest BCUT2D eigenvalue weighted by molar-refractivity contribution is 0.194. The summed E-state index contributed by atoms with van der Waals surface area (Å²) in [6.07, 6.45) is 7.00. The molecule has 0 bridgehead atoms. The lowest BCUT2D eigenvalue weighted by Gasteiger charge is -2.33. The van der Waals surface area contributed by atoms with Gasteiger partial charge in [-0.1, -0.05) is 40.5 Å². The summed E-state index contributed by atoms with van der Waals surface area (Å²) in [4.78, 5) is 2.78. The van der Waals surface area contributed by atoms with Crippen molar-refractivity contribution in [1.82, 2.24) is 10.2 Å². The van der Waals surface area contributed by atoms with Crippen LogP contribution in [0.4, 0.5) is 0 Å². The monoisotopic (exact) mass is 264 g/mol. The third-order valence-corrected chi connectivity index (χ3v) is 7.00. The summed E-state index contributed by atoms with van der Waals surface area (Å²) in [7, 11) is 0. The zero-order chi connectivity index (χ0) is 13.7. The predicted octanol–water partition coefficient (Wildman–Crippen LogP) is 3.28. The van der Waals surface area contributed by atoms with Crippen molar-refractivity contribution in [3.8, 4) is 0 Å². The molecule has 2 nitrogen and oxygen atoms in total. The molecule has 0 radical (unpaired) electrons. The largest absolute Gasteiger partial charge is 0.310 e. The summed E-state index contributed by atoms with van der Waals surface area (Å²) < 4.78 is 0. The Bertz CT molecular complexity index is 325. The summed E-state index contributed by atoms with van der Waals surface area (Å²) in [5.74, 6) is 0.886. The molecule has 2 heteroatoms. The predicted molar refractivity (Wildman–Crippen MR) is 81.3 cm³/mol. The molecule has 1 N–H and O–H groups in total. The highest BCUT2D eigenvalue weighted by molar-refractivity contribution is 5.13. The van der Waals surface area contributed by atoms with Gasteiger partial charge in [0.2, 0.25) is 0 Å². The number of hydrogen-bond donors (Lipinski definition) is 1. The second kappa shape index (κ2) is 4.46. The van der Waals surface area contributed by atoms with E-state index in [0.717, 1.165) is 5.92 Å². The molecule has 3 rings (SSSR count). The van der Waals surface area contributed by atoms with E-state index in [1.54, 1.807) is 0 Å². The van der Waals surface area contributed by atoms with Crippen molar-refractivity contribution in [3.63, 3.8) is 0 Å². The third-order valence-electron chi connectivity index (χ3n) is 7.00. The summed E-state index contributed by atoms with van der Waals surface area (Å²) >= 11 is 0. The maximum atomic E-state index is 3.88. The van der Waals surface area contributed by atoms with E-state index in [4.69, 9.17) is 0 Å².